The first-order chi connectivity index (χ1) is 9.89. The Labute approximate surface area is 129 Å². The van der Waals surface area contributed by atoms with Crippen LogP contribution in [0.1, 0.15) is 32.9 Å². The van der Waals surface area contributed by atoms with Gasteiger partial charge in [-0.2, -0.15) is 0 Å². The Hall–Kier alpha value is -1.34. The zero-order chi connectivity index (χ0) is 15.5. The van der Waals surface area contributed by atoms with Crippen molar-refractivity contribution in [2.24, 2.45) is 5.73 Å². The van der Waals surface area contributed by atoms with Crippen molar-refractivity contribution in [3.63, 3.8) is 0 Å². The monoisotopic (exact) mass is 312 g/mol. The summed E-state index contributed by atoms with van der Waals surface area (Å²) in [6, 6.07) is 0. The van der Waals surface area contributed by atoms with E-state index in [1.165, 1.54) is 0 Å². The summed E-state index contributed by atoms with van der Waals surface area (Å²) in [7, 11) is 0. The van der Waals surface area contributed by atoms with Crippen LogP contribution >= 0.6 is 11.3 Å². The third kappa shape index (κ3) is 4.57. The number of carbonyl (C=O) groups is 1. The number of aromatic nitrogens is 1. The molecule has 1 aromatic rings. The second-order valence-corrected chi connectivity index (χ2v) is 6.97. The lowest BCUT2D eigenvalue weighted by Gasteiger charge is -2.26. The Kier molecular flexibility index (Phi) is 5.05. The van der Waals surface area contributed by atoms with Crippen LogP contribution in [0, 0.1) is 0 Å². The molecule has 1 aliphatic rings. The summed E-state index contributed by atoms with van der Waals surface area (Å²) in [5.41, 5.74) is 6.07. The van der Waals surface area contributed by atoms with E-state index in [2.05, 4.69) is 9.88 Å². The van der Waals surface area contributed by atoms with Gasteiger partial charge in [-0.1, -0.05) is 0 Å². The normalized spacial score (nSPS) is 16.8. The molecule has 1 aliphatic heterocycles. The largest absolute Gasteiger partial charge is 0.444 e. The van der Waals surface area contributed by atoms with E-state index in [0.717, 1.165) is 36.9 Å². The molecule has 0 radical (unpaired) electrons. The standard InChI is InChI=1S/C14H24N4O2S/c1-14(2,3)20-13(19)18-6-4-5-17(7-8-18)12-16-11(9-15)10-21-12/h10H,4-9,15H2,1-3H3. The third-order valence-corrected chi connectivity index (χ3v) is 4.12. The number of thiazole rings is 1. The van der Waals surface area contributed by atoms with Crippen molar-refractivity contribution in [1.82, 2.24) is 9.88 Å². The summed E-state index contributed by atoms with van der Waals surface area (Å²) in [6.45, 7) is 9.19. The van der Waals surface area contributed by atoms with Crippen LogP contribution in [0.2, 0.25) is 0 Å². The Balaban J connectivity index is 1.94. The second-order valence-electron chi connectivity index (χ2n) is 6.13. The SMILES string of the molecule is CC(C)(C)OC(=O)N1CCCN(c2nc(CN)cs2)CC1. The van der Waals surface area contributed by atoms with Crippen molar-refractivity contribution in [2.75, 3.05) is 31.1 Å². The Morgan fingerprint density at radius 1 is 1.38 bits per heavy atom. The molecular weight excluding hydrogens is 288 g/mol. The minimum atomic E-state index is -0.450. The highest BCUT2D eigenvalue weighted by Crippen LogP contribution is 2.22. The first-order valence-corrected chi connectivity index (χ1v) is 8.14. The summed E-state index contributed by atoms with van der Waals surface area (Å²) < 4.78 is 5.43. The van der Waals surface area contributed by atoms with Crippen molar-refractivity contribution in [3.05, 3.63) is 11.1 Å². The van der Waals surface area contributed by atoms with Crippen molar-refractivity contribution in [1.29, 1.82) is 0 Å². The fraction of sp³-hybridized carbons (Fsp3) is 0.714. The molecule has 1 saturated heterocycles. The lowest BCUT2D eigenvalue weighted by atomic mass is 10.2. The quantitative estimate of drug-likeness (QED) is 0.905. The molecule has 1 fully saturated rings. The summed E-state index contributed by atoms with van der Waals surface area (Å²) in [5.74, 6) is 0. The van der Waals surface area contributed by atoms with Crippen LogP contribution in [0.15, 0.2) is 5.38 Å². The van der Waals surface area contributed by atoms with Crippen LogP contribution in [0.4, 0.5) is 9.93 Å². The molecule has 1 aromatic heterocycles. The van der Waals surface area contributed by atoms with Gasteiger partial charge in [-0.25, -0.2) is 9.78 Å². The average molecular weight is 312 g/mol. The van der Waals surface area contributed by atoms with Crippen molar-refractivity contribution in [3.8, 4) is 0 Å². The minimum Gasteiger partial charge on any atom is -0.444 e. The zero-order valence-electron chi connectivity index (χ0n) is 13.0. The molecule has 2 heterocycles. The molecule has 2 N–H and O–H groups in total. The van der Waals surface area contributed by atoms with Gasteiger partial charge < -0.3 is 20.3 Å². The van der Waals surface area contributed by atoms with Gasteiger partial charge in [0.1, 0.15) is 5.60 Å². The van der Waals surface area contributed by atoms with Crippen molar-refractivity contribution >= 4 is 22.6 Å². The highest BCUT2D eigenvalue weighted by molar-refractivity contribution is 7.13. The van der Waals surface area contributed by atoms with Crippen LogP contribution < -0.4 is 10.6 Å². The van der Waals surface area contributed by atoms with E-state index >= 15 is 0 Å². The fourth-order valence-electron chi connectivity index (χ4n) is 2.15. The molecule has 0 spiro atoms. The van der Waals surface area contributed by atoms with Crippen molar-refractivity contribution < 1.29 is 9.53 Å². The molecule has 21 heavy (non-hydrogen) atoms. The maximum absolute atomic E-state index is 12.1. The number of ether oxygens (including phenoxy) is 1. The van der Waals surface area contributed by atoms with Gasteiger partial charge in [0.25, 0.3) is 0 Å². The Morgan fingerprint density at radius 3 is 2.76 bits per heavy atom. The Bertz CT molecular complexity index is 484. The van der Waals surface area contributed by atoms with Gasteiger partial charge >= 0.3 is 6.09 Å². The van der Waals surface area contributed by atoms with E-state index in [9.17, 15) is 4.79 Å². The van der Waals surface area contributed by atoms with Gasteiger partial charge in [0.2, 0.25) is 0 Å². The summed E-state index contributed by atoms with van der Waals surface area (Å²) in [6.07, 6.45) is 0.683. The van der Waals surface area contributed by atoms with Gasteiger partial charge in [-0.05, 0) is 27.2 Å². The van der Waals surface area contributed by atoms with Crippen LogP contribution in [-0.2, 0) is 11.3 Å². The van der Waals surface area contributed by atoms with Gasteiger partial charge in [-0.15, -0.1) is 11.3 Å². The number of hydrogen-bond acceptors (Lipinski definition) is 6. The number of carbonyl (C=O) groups excluding carboxylic acids is 1. The third-order valence-electron chi connectivity index (χ3n) is 3.17. The average Bonchev–Trinajstić information content (AvgIpc) is 2.73. The number of rotatable bonds is 2. The van der Waals surface area contributed by atoms with E-state index in [1.54, 1.807) is 16.2 Å². The molecule has 0 aliphatic carbocycles. The van der Waals surface area contributed by atoms with Gasteiger partial charge in [0.15, 0.2) is 5.13 Å². The molecule has 0 aromatic carbocycles. The number of anilines is 1. The molecule has 1 amide bonds. The molecule has 0 atom stereocenters. The van der Waals surface area contributed by atoms with E-state index < -0.39 is 5.60 Å². The van der Waals surface area contributed by atoms with E-state index in [1.807, 2.05) is 26.2 Å². The number of nitrogens with two attached hydrogens (primary N) is 1. The highest BCUT2D eigenvalue weighted by atomic mass is 32.1. The number of amides is 1. The maximum Gasteiger partial charge on any atom is 0.410 e. The summed E-state index contributed by atoms with van der Waals surface area (Å²) in [4.78, 5) is 20.6. The molecule has 0 bridgehead atoms. The summed E-state index contributed by atoms with van der Waals surface area (Å²) >= 11 is 1.61. The van der Waals surface area contributed by atoms with E-state index in [4.69, 9.17) is 10.5 Å². The van der Waals surface area contributed by atoms with Gasteiger partial charge in [0.05, 0.1) is 5.69 Å². The number of nitrogens with zero attached hydrogens (tertiary/aromatic N) is 3. The number of hydrogen-bond donors (Lipinski definition) is 1. The zero-order valence-corrected chi connectivity index (χ0v) is 13.8. The first kappa shape index (κ1) is 16.0. The smallest absolute Gasteiger partial charge is 0.410 e. The molecule has 118 valence electrons. The van der Waals surface area contributed by atoms with E-state index in [-0.39, 0.29) is 6.09 Å². The second kappa shape index (κ2) is 6.62. The fourth-order valence-corrected chi connectivity index (χ4v) is 3.05. The molecule has 0 saturated carbocycles. The van der Waals surface area contributed by atoms with Crippen LogP contribution in [0.25, 0.3) is 0 Å². The van der Waals surface area contributed by atoms with Gasteiger partial charge in [0, 0.05) is 38.1 Å². The van der Waals surface area contributed by atoms with Crippen LogP contribution in [0.3, 0.4) is 0 Å². The van der Waals surface area contributed by atoms with Crippen LogP contribution in [0.5, 0.6) is 0 Å². The highest BCUT2D eigenvalue weighted by Gasteiger charge is 2.25. The molecular formula is C14H24N4O2S. The predicted octanol–water partition coefficient (Wildman–Crippen LogP) is 2.05. The lowest BCUT2D eigenvalue weighted by Crippen LogP contribution is -2.39. The lowest BCUT2D eigenvalue weighted by molar-refractivity contribution is 0.0263. The summed E-state index contributed by atoms with van der Waals surface area (Å²) in [5, 5.41) is 2.98. The van der Waals surface area contributed by atoms with Gasteiger partial charge in [-0.3, -0.25) is 0 Å². The molecule has 0 unspecified atom stereocenters. The first-order valence-electron chi connectivity index (χ1n) is 7.26. The topological polar surface area (TPSA) is 71.7 Å². The molecule has 7 heteroatoms. The molecule has 6 nitrogen and oxygen atoms in total. The van der Waals surface area contributed by atoms with Crippen molar-refractivity contribution in [2.45, 2.75) is 39.3 Å². The maximum atomic E-state index is 12.1. The van der Waals surface area contributed by atoms with E-state index in [0.29, 0.717) is 13.1 Å². The molecule has 2 rings (SSSR count). The Morgan fingerprint density at radius 2 is 2.14 bits per heavy atom. The predicted molar refractivity (Wildman–Crippen MR) is 84.6 cm³/mol. The minimum absolute atomic E-state index is 0.230. The van der Waals surface area contributed by atoms with Crippen LogP contribution in [-0.4, -0.2) is 47.8 Å².